The fourth-order valence-corrected chi connectivity index (χ4v) is 7.94. The number of methoxy groups -OCH3 is 2. The number of ether oxygens (including phenoxy) is 3. The van der Waals surface area contributed by atoms with Gasteiger partial charge in [-0.3, -0.25) is 9.59 Å². The van der Waals surface area contributed by atoms with Gasteiger partial charge >= 0.3 is 5.97 Å². The molecule has 2 aromatic carbocycles. The van der Waals surface area contributed by atoms with E-state index in [2.05, 4.69) is 0 Å². The maximum absolute atomic E-state index is 14.2. The highest BCUT2D eigenvalue weighted by atomic mass is 32.2. The van der Waals surface area contributed by atoms with Gasteiger partial charge in [0.2, 0.25) is 0 Å². The number of rotatable bonds is 7. The molecule has 0 radical (unpaired) electrons. The van der Waals surface area contributed by atoms with E-state index in [-0.39, 0.29) is 16.2 Å². The number of nitrogens with zero attached hydrogens (tertiary/aromatic N) is 2. The molecule has 0 aromatic heterocycles. The number of amides is 2. The van der Waals surface area contributed by atoms with Crippen LogP contribution in [-0.4, -0.2) is 64.5 Å². The molecule has 1 spiro atoms. The summed E-state index contributed by atoms with van der Waals surface area (Å²) < 4.78 is 45.2. The molecule has 2 amide bonds. The van der Waals surface area contributed by atoms with Crippen molar-refractivity contribution in [3.05, 3.63) is 47.5 Å². The highest BCUT2D eigenvalue weighted by Gasteiger charge is 2.55. The first-order valence-corrected chi connectivity index (χ1v) is 15.1. The molecule has 0 bridgehead atoms. The molecular weight excluding hydrogens is 536 g/mol. The SMILES string of the molecule is CCOc1ccc2c(c1)C1(CCCCC1)C(=O)N2S(=O)(=O)c1ccc(C(=O)N2CCCC2C(=O)OC)cc1OC. The van der Waals surface area contributed by atoms with Gasteiger partial charge in [0.25, 0.3) is 21.8 Å². The van der Waals surface area contributed by atoms with Gasteiger partial charge in [0.15, 0.2) is 0 Å². The number of sulfonamides is 1. The molecule has 1 saturated heterocycles. The number of carbonyl (C=O) groups is 3. The summed E-state index contributed by atoms with van der Waals surface area (Å²) in [6, 6.07) is 8.43. The topological polar surface area (TPSA) is 120 Å². The van der Waals surface area contributed by atoms with Crippen molar-refractivity contribution in [3.63, 3.8) is 0 Å². The van der Waals surface area contributed by atoms with Crippen molar-refractivity contribution in [1.29, 1.82) is 0 Å². The molecule has 1 unspecified atom stereocenters. The molecular formula is C29H34N2O8S. The fourth-order valence-electron chi connectivity index (χ4n) is 6.30. The summed E-state index contributed by atoms with van der Waals surface area (Å²) in [4.78, 5) is 40.7. The third-order valence-electron chi connectivity index (χ3n) is 8.23. The van der Waals surface area contributed by atoms with Crippen molar-refractivity contribution >= 4 is 33.5 Å². The van der Waals surface area contributed by atoms with Gasteiger partial charge in [-0.05, 0) is 74.6 Å². The van der Waals surface area contributed by atoms with Crippen molar-refractivity contribution in [3.8, 4) is 11.5 Å². The van der Waals surface area contributed by atoms with E-state index < -0.39 is 39.3 Å². The van der Waals surface area contributed by atoms with Crippen molar-refractivity contribution in [2.24, 2.45) is 0 Å². The lowest BCUT2D eigenvalue weighted by molar-refractivity contribution is -0.145. The predicted molar refractivity (Wildman–Crippen MR) is 146 cm³/mol. The third-order valence-corrected chi connectivity index (χ3v) is 9.97. The molecule has 2 fully saturated rings. The summed E-state index contributed by atoms with van der Waals surface area (Å²) in [6.07, 6.45) is 4.88. The number of anilines is 1. The maximum Gasteiger partial charge on any atom is 0.328 e. The van der Waals surface area contributed by atoms with Crippen molar-refractivity contribution in [2.75, 3.05) is 31.7 Å². The van der Waals surface area contributed by atoms with E-state index in [0.717, 1.165) is 23.6 Å². The number of esters is 1. The second-order valence-electron chi connectivity index (χ2n) is 10.4. The number of carbonyl (C=O) groups excluding carboxylic acids is 3. The zero-order chi connectivity index (χ0) is 28.7. The smallest absolute Gasteiger partial charge is 0.328 e. The largest absolute Gasteiger partial charge is 0.495 e. The Morgan fingerprint density at radius 2 is 1.77 bits per heavy atom. The number of fused-ring (bicyclic) bond motifs is 2. The highest BCUT2D eigenvalue weighted by molar-refractivity contribution is 7.93. The summed E-state index contributed by atoms with van der Waals surface area (Å²) in [7, 11) is -1.83. The molecule has 2 aromatic rings. The van der Waals surface area contributed by atoms with Crippen LogP contribution in [0.4, 0.5) is 5.69 Å². The minimum absolute atomic E-state index is 0.0652. The maximum atomic E-state index is 14.2. The average Bonchev–Trinajstić information content (AvgIpc) is 3.55. The van der Waals surface area contributed by atoms with Crippen molar-refractivity contribution in [2.45, 2.75) is 68.2 Å². The van der Waals surface area contributed by atoms with Crippen molar-refractivity contribution in [1.82, 2.24) is 4.90 Å². The zero-order valence-electron chi connectivity index (χ0n) is 23.0. The normalized spacial score (nSPS) is 20.0. The highest BCUT2D eigenvalue weighted by Crippen LogP contribution is 2.53. The average molecular weight is 571 g/mol. The van der Waals surface area contributed by atoms with E-state index in [0.29, 0.717) is 55.8 Å². The van der Waals surface area contributed by atoms with Crippen LogP contribution in [0.1, 0.15) is 67.8 Å². The van der Waals surface area contributed by atoms with Crippen LogP contribution >= 0.6 is 0 Å². The molecule has 1 saturated carbocycles. The lowest BCUT2D eigenvalue weighted by Gasteiger charge is -2.32. The number of likely N-dealkylation sites (tertiary alicyclic amines) is 1. The molecule has 1 atom stereocenters. The van der Waals surface area contributed by atoms with Crippen LogP contribution in [0.5, 0.6) is 11.5 Å². The van der Waals surface area contributed by atoms with Crippen LogP contribution in [0.25, 0.3) is 0 Å². The first kappa shape index (κ1) is 27.9. The summed E-state index contributed by atoms with van der Waals surface area (Å²) in [5.74, 6) is -0.874. The lowest BCUT2D eigenvalue weighted by atomic mass is 9.70. The van der Waals surface area contributed by atoms with E-state index in [1.165, 1.54) is 37.3 Å². The van der Waals surface area contributed by atoms with Gasteiger partial charge in [-0.15, -0.1) is 0 Å². The molecule has 11 heteroatoms. The monoisotopic (exact) mass is 570 g/mol. The van der Waals surface area contributed by atoms with Crippen LogP contribution in [0, 0.1) is 0 Å². The molecule has 214 valence electrons. The van der Waals surface area contributed by atoms with Gasteiger partial charge in [0.1, 0.15) is 22.4 Å². The van der Waals surface area contributed by atoms with Crippen LogP contribution < -0.4 is 13.8 Å². The molecule has 40 heavy (non-hydrogen) atoms. The number of hydrogen-bond donors (Lipinski definition) is 0. The number of benzene rings is 2. The van der Waals surface area contributed by atoms with E-state index in [9.17, 15) is 22.8 Å². The van der Waals surface area contributed by atoms with Gasteiger partial charge in [-0.2, -0.15) is 0 Å². The Bertz CT molecular complexity index is 1450. The standard InChI is InChI=1S/C29H34N2O8S/c1-4-39-20-11-12-22-21(18-20)29(14-6-5-7-15-29)28(34)31(22)40(35,36)25-13-10-19(17-24(25)37-2)26(32)30-16-8-9-23(30)27(33)38-3/h10-13,17-18,23H,4-9,14-16H2,1-3H3. The zero-order valence-corrected chi connectivity index (χ0v) is 23.8. The van der Waals surface area contributed by atoms with E-state index >= 15 is 0 Å². The Morgan fingerprint density at radius 3 is 2.45 bits per heavy atom. The lowest BCUT2D eigenvalue weighted by Crippen LogP contribution is -2.44. The Kier molecular flexibility index (Phi) is 7.52. The van der Waals surface area contributed by atoms with Gasteiger partial charge in [0.05, 0.1) is 31.9 Å². The first-order valence-electron chi connectivity index (χ1n) is 13.6. The minimum atomic E-state index is -4.42. The number of hydrogen-bond acceptors (Lipinski definition) is 8. The Balaban J connectivity index is 1.54. The van der Waals surface area contributed by atoms with Crippen LogP contribution in [0.15, 0.2) is 41.3 Å². The summed E-state index contributed by atoms with van der Waals surface area (Å²) >= 11 is 0. The second-order valence-corrected chi connectivity index (χ2v) is 12.1. The second kappa shape index (κ2) is 10.8. The molecule has 5 rings (SSSR count). The summed E-state index contributed by atoms with van der Waals surface area (Å²) in [5.41, 5.74) is 0.219. The summed E-state index contributed by atoms with van der Waals surface area (Å²) in [6.45, 7) is 2.69. The Morgan fingerprint density at radius 1 is 1.02 bits per heavy atom. The molecule has 2 heterocycles. The third kappa shape index (κ3) is 4.40. The quantitative estimate of drug-likeness (QED) is 0.461. The molecule has 10 nitrogen and oxygen atoms in total. The fraction of sp³-hybridized carbons (Fsp3) is 0.483. The van der Waals surface area contributed by atoms with E-state index in [1.807, 2.05) is 6.92 Å². The first-order chi connectivity index (χ1) is 19.2. The molecule has 2 aliphatic heterocycles. The molecule has 3 aliphatic rings. The van der Waals surface area contributed by atoms with Gasteiger partial charge in [-0.1, -0.05) is 19.3 Å². The molecule has 0 N–H and O–H groups in total. The van der Waals surface area contributed by atoms with Gasteiger partial charge in [0, 0.05) is 12.1 Å². The van der Waals surface area contributed by atoms with Crippen LogP contribution in [-0.2, 0) is 29.8 Å². The minimum Gasteiger partial charge on any atom is -0.495 e. The Labute approximate surface area is 234 Å². The Hall–Kier alpha value is -3.60. The molecule has 1 aliphatic carbocycles. The van der Waals surface area contributed by atoms with Crippen LogP contribution in [0.2, 0.25) is 0 Å². The van der Waals surface area contributed by atoms with E-state index in [1.54, 1.807) is 18.2 Å². The van der Waals surface area contributed by atoms with Gasteiger partial charge in [-0.25, -0.2) is 17.5 Å². The van der Waals surface area contributed by atoms with Crippen LogP contribution in [0.3, 0.4) is 0 Å². The summed E-state index contributed by atoms with van der Waals surface area (Å²) in [5, 5.41) is 0. The van der Waals surface area contributed by atoms with E-state index in [4.69, 9.17) is 14.2 Å². The van der Waals surface area contributed by atoms with Gasteiger partial charge < -0.3 is 19.1 Å². The van der Waals surface area contributed by atoms with Crippen molar-refractivity contribution < 1.29 is 37.0 Å². The predicted octanol–water partition coefficient (Wildman–Crippen LogP) is 3.81.